The van der Waals surface area contributed by atoms with Gasteiger partial charge >= 0.3 is 0 Å². The highest BCUT2D eigenvalue weighted by Crippen LogP contribution is 2.25. The van der Waals surface area contributed by atoms with Crippen molar-refractivity contribution < 1.29 is 23.7 Å². The van der Waals surface area contributed by atoms with Crippen molar-refractivity contribution in [3.8, 4) is 0 Å². The molecule has 1 rings (SSSR count). The molecule has 6 nitrogen and oxygen atoms in total. The molecule has 0 bridgehead atoms. The molecule has 78 valence electrons. The summed E-state index contributed by atoms with van der Waals surface area (Å²) in [6.07, 6.45) is -3.49. The number of hydrogen-bond donors (Lipinski definition) is 4. The van der Waals surface area contributed by atoms with E-state index in [1.165, 1.54) is 0 Å². The minimum atomic E-state index is -3.56. The summed E-state index contributed by atoms with van der Waals surface area (Å²) >= 11 is 0. The van der Waals surface area contributed by atoms with Crippen LogP contribution in [0.4, 0.5) is 0 Å². The third-order valence-electron chi connectivity index (χ3n) is 2.30. The SMILES string of the molecule is CS(=O)(=O)[C@H]1[C@@H](N)[C@H](O)[C@@H](O)[C@H]1O. The van der Waals surface area contributed by atoms with Gasteiger partial charge in [-0.3, -0.25) is 0 Å². The highest BCUT2D eigenvalue weighted by Gasteiger charge is 2.51. The van der Waals surface area contributed by atoms with Gasteiger partial charge in [0.15, 0.2) is 9.84 Å². The molecule has 0 heterocycles. The second-order valence-corrected chi connectivity index (χ2v) is 5.55. The molecular formula is C6H13NO5S. The predicted molar refractivity (Wildman–Crippen MR) is 44.6 cm³/mol. The van der Waals surface area contributed by atoms with E-state index < -0.39 is 39.4 Å². The van der Waals surface area contributed by atoms with E-state index >= 15 is 0 Å². The van der Waals surface area contributed by atoms with Gasteiger partial charge in [-0.05, 0) is 0 Å². The van der Waals surface area contributed by atoms with Crippen LogP contribution in [0.25, 0.3) is 0 Å². The molecule has 5 atom stereocenters. The number of rotatable bonds is 1. The van der Waals surface area contributed by atoms with Crippen molar-refractivity contribution in [3.63, 3.8) is 0 Å². The van der Waals surface area contributed by atoms with Gasteiger partial charge in [-0.25, -0.2) is 8.42 Å². The summed E-state index contributed by atoms with van der Waals surface area (Å²) in [5.74, 6) is 0. The van der Waals surface area contributed by atoms with Crippen molar-refractivity contribution in [3.05, 3.63) is 0 Å². The topological polar surface area (TPSA) is 121 Å². The normalized spacial score (nSPS) is 46.7. The Morgan fingerprint density at radius 2 is 1.54 bits per heavy atom. The van der Waals surface area contributed by atoms with Crippen LogP contribution in [0.3, 0.4) is 0 Å². The molecule has 7 heteroatoms. The van der Waals surface area contributed by atoms with E-state index in [0.717, 1.165) is 6.26 Å². The quantitative estimate of drug-likeness (QED) is 0.363. The first-order valence-corrected chi connectivity index (χ1v) is 5.71. The van der Waals surface area contributed by atoms with E-state index in [4.69, 9.17) is 10.8 Å². The fourth-order valence-corrected chi connectivity index (χ4v) is 2.98. The molecular weight excluding hydrogens is 198 g/mol. The predicted octanol–water partition coefficient (Wildman–Crippen LogP) is -3.18. The summed E-state index contributed by atoms with van der Waals surface area (Å²) in [5.41, 5.74) is 5.34. The maximum Gasteiger partial charge on any atom is 0.154 e. The molecule has 1 saturated carbocycles. The van der Waals surface area contributed by atoms with Crippen molar-refractivity contribution in [2.75, 3.05) is 6.26 Å². The van der Waals surface area contributed by atoms with Crippen molar-refractivity contribution >= 4 is 9.84 Å². The average Bonchev–Trinajstić information content (AvgIpc) is 2.14. The number of hydrogen-bond acceptors (Lipinski definition) is 6. The lowest BCUT2D eigenvalue weighted by atomic mass is 10.2. The molecule has 1 fully saturated rings. The van der Waals surface area contributed by atoms with Gasteiger partial charge in [0.2, 0.25) is 0 Å². The second kappa shape index (κ2) is 3.18. The smallest absolute Gasteiger partial charge is 0.154 e. The summed E-state index contributed by atoms with van der Waals surface area (Å²) < 4.78 is 22.2. The van der Waals surface area contributed by atoms with Gasteiger partial charge in [-0.15, -0.1) is 0 Å². The van der Waals surface area contributed by atoms with Crippen LogP contribution in [0.15, 0.2) is 0 Å². The number of sulfone groups is 1. The third kappa shape index (κ3) is 1.70. The lowest BCUT2D eigenvalue weighted by Gasteiger charge is -2.16. The lowest BCUT2D eigenvalue weighted by molar-refractivity contribution is -0.0201. The first-order chi connectivity index (χ1) is 5.76. The summed E-state index contributed by atoms with van der Waals surface area (Å²) in [6.45, 7) is 0. The molecule has 1 aliphatic rings. The molecule has 0 saturated heterocycles. The number of nitrogens with two attached hydrogens (primary N) is 1. The van der Waals surface area contributed by atoms with Crippen molar-refractivity contribution in [2.45, 2.75) is 29.6 Å². The first kappa shape index (κ1) is 10.9. The first-order valence-electron chi connectivity index (χ1n) is 3.75. The van der Waals surface area contributed by atoms with Crippen molar-refractivity contribution in [1.29, 1.82) is 0 Å². The summed E-state index contributed by atoms with van der Waals surface area (Å²) in [6, 6.07) is -1.14. The van der Waals surface area contributed by atoms with E-state index in [-0.39, 0.29) is 0 Å². The monoisotopic (exact) mass is 211 g/mol. The number of aliphatic hydroxyl groups excluding tert-OH is 3. The van der Waals surface area contributed by atoms with Crippen LogP contribution in [0, 0.1) is 0 Å². The maximum atomic E-state index is 11.1. The Morgan fingerprint density at radius 1 is 1.08 bits per heavy atom. The molecule has 1 aliphatic carbocycles. The molecule has 0 aliphatic heterocycles. The Morgan fingerprint density at radius 3 is 1.69 bits per heavy atom. The summed E-state index contributed by atoms with van der Waals surface area (Å²) in [4.78, 5) is 0. The minimum Gasteiger partial charge on any atom is -0.389 e. The van der Waals surface area contributed by atoms with Crippen LogP contribution in [-0.2, 0) is 9.84 Å². The van der Waals surface area contributed by atoms with Gasteiger partial charge in [-0.2, -0.15) is 0 Å². The summed E-state index contributed by atoms with van der Waals surface area (Å²) in [5, 5.41) is 26.3. The van der Waals surface area contributed by atoms with Gasteiger partial charge in [0.25, 0.3) is 0 Å². The van der Waals surface area contributed by atoms with E-state index in [9.17, 15) is 18.6 Å². The zero-order chi connectivity index (χ0) is 10.4. The van der Waals surface area contributed by atoms with Crippen LogP contribution in [-0.4, -0.2) is 59.6 Å². The Bertz CT molecular complexity index is 275. The van der Waals surface area contributed by atoms with Crippen molar-refractivity contribution in [2.24, 2.45) is 5.73 Å². The molecule has 5 N–H and O–H groups in total. The molecule has 0 aromatic carbocycles. The largest absolute Gasteiger partial charge is 0.389 e. The van der Waals surface area contributed by atoms with Gasteiger partial charge in [0, 0.05) is 6.26 Å². The van der Waals surface area contributed by atoms with Crippen LogP contribution in [0.2, 0.25) is 0 Å². The average molecular weight is 211 g/mol. The molecule has 0 aromatic heterocycles. The van der Waals surface area contributed by atoms with Crippen molar-refractivity contribution in [1.82, 2.24) is 0 Å². The lowest BCUT2D eigenvalue weighted by Crippen LogP contribution is -2.45. The fraction of sp³-hybridized carbons (Fsp3) is 1.00. The standard InChI is InChI=1S/C6H13NO5S/c1-13(11,12)6-2(7)3(8)4(9)5(6)10/h2-6,8-10H,7H2,1H3/t2-,3-,4+,5+,6-/m0/s1. The van der Waals surface area contributed by atoms with Crippen LogP contribution in [0.5, 0.6) is 0 Å². The Labute approximate surface area is 75.9 Å². The molecule has 0 aromatic rings. The molecule has 0 spiro atoms. The van der Waals surface area contributed by atoms with Gasteiger partial charge in [0.1, 0.15) is 17.5 Å². The van der Waals surface area contributed by atoms with E-state index in [1.807, 2.05) is 0 Å². The fourth-order valence-electron chi connectivity index (χ4n) is 1.58. The van der Waals surface area contributed by atoms with Gasteiger partial charge in [-0.1, -0.05) is 0 Å². The number of aliphatic hydroxyl groups is 3. The van der Waals surface area contributed by atoms with Crippen LogP contribution in [0.1, 0.15) is 0 Å². The molecule has 0 unspecified atom stereocenters. The Kier molecular flexibility index (Phi) is 2.65. The molecule has 0 radical (unpaired) electrons. The highest BCUT2D eigenvalue weighted by molar-refractivity contribution is 7.91. The molecule has 13 heavy (non-hydrogen) atoms. The van der Waals surface area contributed by atoms with Gasteiger partial charge < -0.3 is 21.1 Å². The Hall–Kier alpha value is -0.210. The highest BCUT2D eigenvalue weighted by atomic mass is 32.2. The molecule has 0 amide bonds. The third-order valence-corrected chi connectivity index (χ3v) is 3.89. The van der Waals surface area contributed by atoms with Crippen LogP contribution < -0.4 is 5.73 Å². The van der Waals surface area contributed by atoms with E-state index in [0.29, 0.717) is 0 Å². The summed E-state index contributed by atoms with van der Waals surface area (Å²) in [7, 11) is -3.56. The zero-order valence-corrected chi connectivity index (χ0v) is 7.85. The van der Waals surface area contributed by atoms with E-state index in [2.05, 4.69) is 0 Å². The van der Waals surface area contributed by atoms with Gasteiger partial charge in [0.05, 0.1) is 12.1 Å². The Balaban J connectivity index is 3.01. The minimum absolute atomic E-state index is 0.908. The van der Waals surface area contributed by atoms with Crippen LogP contribution >= 0.6 is 0 Å². The van der Waals surface area contributed by atoms with E-state index in [1.54, 1.807) is 0 Å². The second-order valence-electron chi connectivity index (χ2n) is 3.34. The maximum absolute atomic E-state index is 11.1. The zero-order valence-electron chi connectivity index (χ0n) is 7.03.